The van der Waals surface area contributed by atoms with Gasteiger partial charge in [-0.25, -0.2) is 4.79 Å². The number of halogens is 2. The zero-order valence-corrected chi connectivity index (χ0v) is 11.1. The SMILES string of the molecule is O=C(OCc1ccccc1)N1CCC(Cl)(Cl)C1O. The Kier molecular flexibility index (Phi) is 4.00. The molecule has 2 rings (SSSR count). The maximum atomic E-state index is 11.7. The molecule has 6 heteroatoms. The van der Waals surface area contributed by atoms with Crippen molar-refractivity contribution in [2.75, 3.05) is 6.54 Å². The van der Waals surface area contributed by atoms with Gasteiger partial charge in [-0.1, -0.05) is 53.5 Å². The minimum Gasteiger partial charge on any atom is -0.444 e. The van der Waals surface area contributed by atoms with Crippen molar-refractivity contribution < 1.29 is 14.6 Å². The van der Waals surface area contributed by atoms with Gasteiger partial charge in [0.05, 0.1) is 0 Å². The van der Waals surface area contributed by atoms with E-state index in [4.69, 9.17) is 27.9 Å². The smallest absolute Gasteiger partial charge is 0.412 e. The third kappa shape index (κ3) is 2.88. The van der Waals surface area contributed by atoms with Crippen LogP contribution in [0.5, 0.6) is 0 Å². The Balaban J connectivity index is 1.90. The van der Waals surface area contributed by atoms with Crippen molar-refractivity contribution in [3.8, 4) is 0 Å². The lowest BCUT2D eigenvalue weighted by Gasteiger charge is -2.23. The second-order valence-electron chi connectivity index (χ2n) is 4.12. The summed E-state index contributed by atoms with van der Waals surface area (Å²) in [6.07, 6.45) is -1.53. The molecular formula is C12H13Cl2NO3. The third-order valence-electron chi connectivity index (χ3n) is 2.80. The predicted octanol–water partition coefficient (Wildman–Crippen LogP) is 2.52. The number of benzene rings is 1. The van der Waals surface area contributed by atoms with Crippen molar-refractivity contribution in [1.82, 2.24) is 4.90 Å². The molecule has 1 heterocycles. The molecule has 1 aliphatic rings. The van der Waals surface area contributed by atoms with Gasteiger partial charge in [-0.3, -0.25) is 4.90 Å². The van der Waals surface area contributed by atoms with E-state index in [0.29, 0.717) is 6.42 Å². The molecule has 1 N–H and O–H groups in total. The summed E-state index contributed by atoms with van der Waals surface area (Å²) in [5, 5.41) is 9.75. The molecule has 1 unspecified atom stereocenters. The minimum absolute atomic E-state index is 0.153. The van der Waals surface area contributed by atoms with Crippen LogP contribution in [0.15, 0.2) is 30.3 Å². The lowest BCUT2D eigenvalue weighted by molar-refractivity contribution is 0.0187. The summed E-state index contributed by atoms with van der Waals surface area (Å²) >= 11 is 11.7. The highest BCUT2D eigenvalue weighted by Crippen LogP contribution is 2.37. The molecular weight excluding hydrogens is 277 g/mol. The Labute approximate surface area is 115 Å². The molecule has 18 heavy (non-hydrogen) atoms. The van der Waals surface area contributed by atoms with Gasteiger partial charge >= 0.3 is 6.09 Å². The predicted molar refractivity (Wildman–Crippen MR) is 68.4 cm³/mol. The molecule has 1 atom stereocenters. The molecule has 1 saturated heterocycles. The Morgan fingerprint density at radius 2 is 2.11 bits per heavy atom. The van der Waals surface area contributed by atoms with Crippen LogP contribution in [0.25, 0.3) is 0 Å². The van der Waals surface area contributed by atoms with Crippen molar-refractivity contribution in [2.24, 2.45) is 0 Å². The standard InChI is InChI=1S/C12H13Cl2NO3/c13-12(14)6-7-15(10(12)16)11(17)18-8-9-4-2-1-3-5-9/h1-5,10,16H,6-8H2. The summed E-state index contributed by atoms with van der Waals surface area (Å²) in [7, 11) is 0. The molecule has 0 radical (unpaired) electrons. The summed E-state index contributed by atoms with van der Waals surface area (Å²) in [6.45, 7) is 0.433. The van der Waals surface area contributed by atoms with Gasteiger partial charge < -0.3 is 9.84 Å². The number of aliphatic hydroxyl groups excluding tert-OH is 1. The van der Waals surface area contributed by atoms with Gasteiger partial charge in [0.1, 0.15) is 6.61 Å². The molecule has 0 saturated carbocycles. The molecule has 0 bridgehead atoms. The van der Waals surface area contributed by atoms with Crippen LogP contribution in [0, 0.1) is 0 Å². The number of likely N-dealkylation sites (tertiary alicyclic amines) is 1. The lowest BCUT2D eigenvalue weighted by Crippen LogP contribution is -2.41. The number of carbonyl (C=O) groups excluding carboxylic acids is 1. The zero-order chi connectivity index (χ0) is 13.2. The van der Waals surface area contributed by atoms with Crippen molar-refractivity contribution in [3.63, 3.8) is 0 Å². The first-order valence-corrected chi connectivity index (χ1v) is 6.29. The molecule has 0 aromatic heterocycles. The van der Waals surface area contributed by atoms with Crippen LogP contribution in [0.1, 0.15) is 12.0 Å². The van der Waals surface area contributed by atoms with Crippen molar-refractivity contribution in [1.29, 1.82) is 0 Å². The fourth-order valence-electron chi connectivity index (χ4n) is 1.74. The van der Waals surface area contributed by atoms with E-state index < -0.39 is 16.7 Å². The average Bonchev–Trinajstić information content (AvgIpc) is 2.63. The van der Waals surface area contributed by atoms with E-state index in [1.807, 2.05) is 30.3 Å². The summed E-state index contributed by atoms with van der Waals surface area (Å²) in [5.74, 6) is 0. The van der Waals surface area contributed by atoms with Crippen LogP contribution in [-0.4, -0.2) is 33.2 Å². The van der Waals surface area contributed by atoms with Gasteiger partial charge in [0.2, 0.25) is 0 Å². The number of aliphatic hydroxyl groups is 1. The van der Waals surface area contributed by atoms with E-state index in [0.717, 1.165) is 10.5 Å². The normalized spacial score (nSPS) is 21.9. The third-order valence-corrected chi connectivity index (χ3v) is 3.57. The molecule has 1 aliphatic heterocycles. The molecule has 1 fully saturated rings. The van der Waals surface area contributed by atoms with E-state index in [2.05, 4.69) is 0 Å². The second-order valence-corrected chi connectivity index (χ2v) is 5.66. The van der Waals surface area contributed by atoms with Gasteiger partial charge in [0.15, 0.2) is 10.6 Å². The van der Waals surface area contributed by atoms with Crippen molar-refractivity contribution in [3.05, 3.63) is 35.9 Å². The Morgan fingerprint density at radius 1 is 1.44 bits per heavy atom. The van der Waals surface area contributed by atoms with Gasteiger partial charge in [-0.2, -0.15) is 0 Å². The summed E-state index contributed by atoms with van der Waals surface area (Å²) in [4.78, 5) is 12.9. The van der Waals surface area contributed by atoms with Gasteiger partial charge in [-0.15, -0.1) is 0 Å². The van der Waals surface area contributed by atoms with Gasteiger partial charge in [0, 0.05) is 13.0 Å². The molecule has 98 valence electrons. The largest absolute Gasteiger partial charge is 0.444 e. The Bertz CT molecular complexity index is 425. The first-order chi connectivity index (χ1) is 8.50. The Morgan fingerprint density at radius 3 is 2.67 bits per heavy atom. The quantitative estimate of drug-likeness (QED) is 0.851. The summed E-state index contributed by atoms with van der Waals surface area (Å²) in [6, 6.07) is 9.29. The number of rotatable bonds is 2. The first-order valence-electron chi connectivity index (χ1n) is 5.54. The number of alkyl halides is 2. The number of amides is 1. The van der Waals surface area contributed by atoms with Gasteiger partial charge in [-0.05, 0) is 5.56 Å². The maximum Gasteiger partial charge on any atom is 0.412 e. The van der Waals surface area contributed by atoms with Crippen LogP contribution in [0.2, 0.25) is 0 Å². The number of ether oxygens (including phenoxy) is 1. The number of hydrogen-bond acceptors (Lipinski definition) is 3. The zero-order valence-electron chi connectivity index (χ0n) is 9.55. The fourth-order valence-corrected chi connectivity index (χ4v) is 2.15. The summed E-state index contributed by atoms with van der Waals surface area (Å²) < 4.78 is 3.77. The summed E-state index contributed by atoms with van der Waals surface area (Å²) in [5.41, 5.74) is 0.877. The highest BCUT2D eigenvalue weighted by Gasteiger charge is 2.46. The second kappa shape index (κ2) is 5.34. The van der Waals surface area contributed by atoms with Crippen LogP contribution in [0.4, 0.5) is 4.79 Å². The minimum atomic E-state index is -1.31. The number of carbonyl (C=O) groups is 1. The topological polar surface area (TPSA) is 49.8 Å². The number of nitrogens with zero attached hydrogens (tertiary/aromatic N) is 1. The lowest BCUT2D eigenvalue weighted by atomic mass is 10.2. The highest BCUT2D eigenvalue weighted by molar-refractivity contribution is 6.49. The van der Waals surface area contributed by atoms with Crippen LogP contribution in [0.3, 0.4) is 0 Å². The van der Waals surface area contributed by atoms with E-state index in [1.165, 1.54) is 0 Å². The van der Waals surface area contributed by atoms with Gasteiger partial charge in [0.25, 0.3) is 0 Å². The molecule has 1 aromatic carbocycles. The maximum absolute atomic E-state index is 11.7. The van der Waals surface area contributed by atoms with Crippen molar-refractivity contribution >= 4 is 29.3 Å². The fraction of sp³-hybridized carbons (Fsp3) is 0.417. The van der Waals surface area contributed by atoms with Crippen LogP contribution in [-0.2, 0) is 11.3 Å². The van der Waals surface area contributed by atoms with E-state index >= 15 is 0 Å². The monoisotopic (exact) mass is 289 g/mol. The van der Waals surface area contributed by atoms with E-state index in [1.54, 1.807) is 0 Å². The molecule has 1 amide bonds. The molecule has 4 nitrogen and oxygen atoms in total. The van der Waals surface area contributed by atoms with Crippen LogP contribution < -0.4 is 0 Å². The number of hydrogen-bond donors (Lipinski definition) is 1. The average molecular weight is 290 g/mol. The van der Waals surface area contributed by atoms with Crippen LogP contribution >= 0.6 is 23.2 Å². The first kappa shape index (κ1) is 13.5. The molecule has 0 spiro atoms. The van der Waals surface area contributed by atoms with E-state index in [-0.39, 0.29) is 13.2 Å². The van der Waals surface area contributed by atoms with Crippen molar-refractivity contribution in [2.45, 2.75) is 23.6 Å². The molecule has 1 aromatic rings. The Hall–Kier alpha value is -0.970. The highest BCUT2D eigenvalue weighted by atomic mass is 35.5. The molecule has 0 aliphatic carbocycles. The van der Waals surface area contributed by atoms with E-state index in [9.17, 15) is 9.90 Å².